The van der Waals surface area contributed by atoms with Crippen LogP contribution in [0.4, 0.5) is 5.69 Å². The van der Waals surface area contributed by atoms with Gasteiger partial charge in [-0.1, -0.05) is 19.9 Å². The van der Waals surface area contributed by atoms with Crippen LogP contribution in [-0.4, -0.2) is 45.7 Å². The quantitative estimate of drug-likeness (QED) is 0.368. The molecule has 0 bridgehead atoms. The first-order valence-corrected chi connectivity index (χ1v) is 10.3. The molecule has 0 radical (unpaired) electrons. The third-order valence-corrected chi connectivity index (χ3v) is 4.87. The number of hydrogen-bond donors (Lipinski definition) is 0. The number of benzene rings is 2. The first-order chi connectivity index (χ1) is 15.0. The lowest BCUT2D eigenvalue weighted by atomic mass is 10.1. The predicted octanol–water partition coefficient (Wildman–Crippen LogP) is 4.72. The third-order valence-electron chi connectivity index (χ3n) is 4.87. The smallest absolute Gasteiger partial charge is 0.272 e. The number of carbonyl (C=O) groups is 1. The minimum Gasteiger partial charge on any atom is -0.497 e. The fraction of sp³-hybridized carbons (Fsp3) is 0.304. The second kappa shape index (κ2) is 9.88. The average molecular weight is 422 g/mol. The molecule has 8 heteroatoms. The zero-order valence-corrected chi connectivity index (χ0v) is 17.9. The standard InChI is InChI=1S/C23H26N4O4/c1-4-13-25(14-5-2)23(28)22-16-21(17-9-11-20(31-3)12-10-17)24-26(22)18-7-6-8-19(15-18)27(29)30/h6-12,15-16H,4-5,13-14H2,1-3H3. The second-order valence-corrected chi connectivity index (χ2v) is 7.12. The predicted molar refractivity (Wildman–Crippen MR) is 119 cm³/mol. The number of nitro groups is 1. The summed E-state index contributed by atoms with van der Waals surface area (Å²) in [5, 5.41) is 15.9. The van der Waals surface area contributed by atoms with Crippen molar-refractivity contribution in [2.75, 3.05) is 20.2 Å². The van der Waals surface area contributed by atoms with E-state index in [9.17, 15) is 14.9 Å². The van der Waals surface area contributed by atoms with Gasteiger partial charge in [-0.05, 0) is 49.2 Å². The van der Waals surface area contributed by atoms with Crippen LogP contribution >= 0.6 is 0 Å². The largest absolute Gasteiger partial charge is 0.497 e. The van der Waals surface area contributed by atoms with Crippen molar-refractivity contribution >= 4 is 11.6 Å². The van der Waals surface area contributed by atoms with Gasteiger partial charge in [0.2, 0.25) is 0 Å². The topological polar surface area (TPSA) is 90.5 Å². The van der Waals surface area contributed by atoms with Crippen molar-refractivity contribution in [2.24, 2.45) is 0 Å². The molecule has 0 atom stereocenters. The molecule has 0 aliphatic carbocycles. The van der Waals surface area contributed by atoms with E-state index < -0.39 is 4.92 Å². The molecule has 162 valence electrons. The van der Waals surface area contributed by atoms with Gasteiger partial charge in [-0.25, -0.2) is 4.68 Å². The molecule has 0 N–H and O–H groups in total. The number of rotatable bonds is 9. The third kappa shape index (κ3) is 4.91. The van der Waals surface area contributed by atoms with Gasteiger partial charge in [0.25, 0.3) is 11.6 Å². The summed E-state index contributed by atoms with van der Waals surface area (Å²) in [6.07, 6.45) is 1.67. The maximum atomic E-state index is 13.4. The highest BCUT2D eigenvalue weighted by Crippen LogP contribution is 2.26. The molecule has 0 unspecified atom stereocenters. The highest BCUT2D eigenvalue weighted by atomic mass is 16.6. The maximum Gasteiger partial charge on any atom is 0.272 e. The number of non-ortho nitro benzene ring substituents is 1. The van der Waals surface area contributed by atoms with Crippen LogP contribution in [0, 0.1) is 10.1 Å². The van der Waals surface area contributed by atoms with Crippen molar-refractivity contribution in [3.8, 4) is 22.7 Å². The Labute approximate surface area is 181 Å². The lowest BCUT2D eigenvalue weighted by Crippen LogP contribution is -2.33. The molecule has 2 aromatic carbocycles. The molecule has 3 rings (SSSR count). The molecule has 31 heavy (non-hydrogen) atoms. The number of hydrogen-bond acceptors (Lipinski definition) is 5. The highest BCUT2D eigenvalue weighted by molar-refractivity contribution is 5.94. The molecular weight excluding hydrogens is 396 g/mol. The minimum absolute atomic E-state index is 0.0589. The van der Waals surface area contributed by atoms with Crippen LogP contribution in [0.15, 0.2) is 54.6 Å². The average Bonchev–Trinajstić information content (AvgIpc) is 3.24. The summed E-state index contributed by atoms with van der Waals surface area (Å²) in [7, 11) is 1.60. The fourth-order valence-corrected chi connectivity index (χ4v) is 3.39. The molecule has 8 nitrogen and oxygen atoms in total. The molecule has 1 heterocycles. The molecular formula is C23H26N4O4. The first kappa shape index (κ1) is 22.0. The van der Waals surface area contributed by atoms with Gasteiger partial charge in [0.15, 0.2) is 0 Å². The molecule has 1 amide bonds. The Hall–Kier alpha value is -3.68. The van der Waals surface area contributed by atoms with E-state index in [-0.39, 0.29) is 11.6 Å². The Kier molecular flexibility index (Phi) is 7.02. The summed E-state index contributed by atoms with van der Waals surface area (Å²) < 4.78 is 6.71. The Bertz CT molecular complexity index is 1050. The van der Waals surface area contributed by atoms with E-state index in [1.165, 1.54) is 16.8 Å². The van der Waals surface area contributed by atoms with E-state index in [0.29, 0.717) is 30.2 Å². The zero-order valence-electron chi connectivity index (χ0n) is 17.9. The highest BCUT2D eigenvalue weighted by Gasteiger charge is 2.23. The molecule has 0 aliphatic heterocycles. The Balaban J connectivity index is 2.12. The van der Waals surface area contributed by atoms with Crippen molar-refractivity contribution in [1.29, 1.82) is 0 Å². The van der Waals surface area contributed by atoms with E-state index >= 15 is 0 Å². The number of nitrogens with zero attached hydrogens (tertiary/aromatic N) is 4. The summed E-state index contributed by atoms with van der Waals surface area (Å²) in [5.74, 6) is 0.567. The van der Waals surface area contributed by atoms with Crippen molar-refractivity contribution in [3.05, 3.63) is 70.4 Å². The number of aromatic nitrogens is 2. The van der Waals surface area contributed by atoms with Crippen LogP contribution in [0.1, 0.15) is 37.2 Å². The molecule has 0 fully saturated rings. The summed E-state index contributed by atoms with van der Waals surface area (Å²) in [6.45, 7) is 5.31. The van der Waals surface area contributed by atoms with Crippen molar-refractivity contribution in [2.45, 2.75) is 26.7 Å². The maximum absolute atomic E-state index is 13.4. The molecule has 0 aliphatic rings. The summed E-state index contributed by atoms with van der Waals surface area (Å²) in [4.78, 5) is 26.0. The molecule has 0 saturated carbocycles. The van der Waals surface area contributed by atoms with Gasteiger partial charge < -0.3 is 9.64 Å². The number of methoxy groups -OCH3 is 1. The summed E-state index contributed by atoms with van der Waals surface area (Å²) >= 11 is 0. The van der Waals surface area contributed by atoms with Crippen molar-refractivity contribution in [1.82, 2.24) is 14.7 Å². The Morgan fingerprint density at radius 3 is 2.35 bits per heavy atom. The van der Waals surface area contributed by atoms with Gasteiger partial charge in [-0.2, -0.15) is 5.10 Å². The summed E-state index contributed by atoms with van der Waals surface area (Å²) in [6, 6.07) is 15.2. The van der Waals surface area contributed by atoms with E-state index in [2.05, 4.69) is 5.10 Å². The molecule has 3 aromatic rings. The van der Waals surface area contributed by atoms with Gasteiger partial charge in [0.1, 0.15) is 11.4 Å². The van der Waals surface area contributed by atoms with E-state index in [1.54, 1.807) is 30.2 Å². The van der Waals surface area contributed by atoms with Crippen LogP contribution < -0.4 is 4.74 Å². The van der Waals surface area contributed by atoms with Crippen LogP contribution in [-0.2, 0) is 0 Å². The normalized spacial score (nSPS) is 10.7. The van der Waals surface area contributed by atoms with E-state index in [0.717, 1.165) is 24.2 Å². The second-order valence-electron chi connectivity index (χ2n) is 7.12. The van der Waals surface area contributed by atoms with Gasteiger partial charge in [0, 0.05) is 30.8 Å². The summed E-state index contributed by atoms with van der Waals surface area (Å²) in [5.41, 5.74) is 2.19. The molecule has 1 aromatic heterocycles. The number of nitro benzene ring substituents is 1. The van der Waals surface area contributed by atoms with Crippen LogP contribution in [0.5, 0.6) is 5.75 Å². The van der Waals surface area contributed by atoms with E-state index in [1.807, 2.05) is 38.1 Å². The number of ether oxygens (including phenoxy) is 1. The number of amides is 1. The van der Waals surface area contributed by atoms with Crippen molar-refractivity contribution < 1.29 is 14.5 Å². The van der Waals surface area contributed by atoms with Crippen LogP contribution in [0.25, 0.3) is 16.9 Å². The van der Waals surface area contributed by atoms with Crippen LogP contribution in [0.3, 0.4) is 0 Å². The lowest BCUT2D eigenvalue weighted by Gasteiger charge is -2.21. The molecule has 0 spiro atoms. The minimum atomic E-state index is -0.459. The lowest BCUT2D eigenvalue weighted by molar-refractivity contribution is -0.384. The Morgan fingerprint density at radius 2 is 1.77 bits per heavy atom. The SMILES string of the molecule is CCCN(CCC)C(=O)c1cc(-c2ccc(OC)cc2)nn1-c1cccc([N+](=O)[O-])c1. The fourth-order valence-electron chi connectivity index (χ4n) is 3.39. The van der Waals surface area contributed by atoms with Crippen molar-refractivity contribution in [3.63, 3.8) is 0 Å². The Morgan fingerprint density at radius 1 is 1.10 bits per heavy atom. The van der Waals surface area contributed by atoms with Crippen LogP contribution in [0.2, 0.25) is 0 Å². The zero-order chi connectivity index (χ0) is 22.4. The van der Waals surface area contributed by atoms with E-state index in [4.69, 9.17) is 4.74 Å². The monoisotopic (exact) mass is 422 g/mol. The van der Waals surface area contributed by atoms with Gasteiger partial charge in [-0.3, -0.25) is 14.9 Å². The van der Waals surface area contributed by atoms with Gasteiger partial charge in [0.05, 0.1) is 23.4 Å². The number of carbonyl (C=O) groups excluding carboxylic acids is 1. The first-order valence-electron chi connectivity index (χ1n) is 10.3. The van der Waals surface area contributed by atoms with Gasteiger partial charge >= 0.3 is 0 Å². The van der Waals surface area contributed by atoms with Gasteiger partial charge in [-0.15, -0.1) is 0 Å². The molecule has 0 saturated heterocycles.